The second-order valence-electron chi connectivity index (χ2n) is 2.29. The van der Waals surface area contributed by atoms with Crippen LogP contribution in [-0.2, 0) is 0 Å². The van der Waals surface area contributed by atoms with Gasteiger partial charge in [-0.1, -0.05) is 23.2 Å². The average Bonchev–Trinajstić information content (AvgIpc) is 2.04. The van der Waals surface area contributed by atoms with Crippen molar-refractivity contribution in [1.82, 2.24) is 0 Å². The standard InChI is InChI=1S/C8H8Cl2N2O/c1-13-8-5(4-12-11)2-6(9)3-7(8)10/h2-4H,11H2,1H3. The number of halogens is 2. The second kappa shape index (κ2) is 4.35. The van der Waals surface area contributed by atoms with Crippen LogP contribution in [0.2, 0.25) is 10.0 Å². The van der Waals surface area contributed by atoms with Crippen molar-refractivity contribution in [2.45, 2.75) is 0 Å². The molecule has 2 N–H and O–H groups in total. The van der Waals surface area contributed by atoms with E-state index >= 15 is 0 Å². The maximum Gasteiger partial charge on any atom is 0.146 e. The highest BCUT2D eigenvalue weighted by Crippen LogP contribution is 2.30. The molecule has 0 aliphatic heterocycles. The van der Waals surface area contributed by atoms with Gasteiger partial charge in [0.2, 0.25) is 0 Å². The van der Waals surface area contributed by atoms with E-state index < -0.39 is 0 Å². The van der Waals surface area contributed by atoms with Crippen molar-refractivity contribution in [1.29, 1.82) is 0 Å². The van der Waals surface area contributed by atoms with Gasteiger partial charge in [-0.15, -0.1) is 0 Å². The fourth-order valence-corrected chi connectivity index (χ4v) is 1.56. The fraction of sp³-hybridized carbons (Fsp3) is 0.125. The van der Waals surface area contributed by atoms with Gasteiger partial charge in [0.1, 0.15) is 5.75 Å². The minimum Gasteiger partial charge on any atom is -0.495 e. The van der Waals surface area contributed by atoms with Crippen LogP contribution < -0.4 is 10.6 Å². The van der Waals surface area contributed by atoms with E-state index in [1.165, 1.54) is 13.3 Å². The van der Waals surface area contributed by atoms with Crippen LogP contribution in [0.25, 0.3) is 0 Å². The first-order valence-corrected chi connectivity index (χ1v) is 4.21. The molecule has 0 radical (unpaired) electrons. The number of hydrogen-bond donors (Lipinski definition) is 1. The van der Waals surface area contributed by atoms with E-state index in [2.05, 4.69) is 5.10 Å². The number of nitrogens with zero attached hydrogens (tertiary/aromatic N) is 1. The molecule has 0 spiro atoms. The molecule has 1 rings (SSSR count). The van der Waals surface area contributed by atoms with Gasteiger partial charge in [-0.05, 0) is 12.1 Å². The highest BCUT2D eigenvalue weighted by molar-refractivity contribution is 6.36. The highest BCUT2D eigenvalue weighted by atomic mass is 35.5. The summed E-state index contributed by atoms with van der Waals surface area (Å²) in [5.41, 5.74) is 0.655. The zero-order chi connectivity index (χ0) is 9.84. The summed E-state index contributed by atoms with van der Waals surface area (Å²) in [6.07, 6.45) is 1.43. The molecule has 1 aromatic carbocycles. The highest BCUT2D eigenvalue weighted by Gasteiger charge is 2.07. The van der Waals surface area contributed by atoms with Crippen molar-refractivity contribution in [2.24, 2.45) is 10.9 Å². The van der Waals surface area contributed by atoms with Gasteiger partial charge in [0, 0.05) is 10.6 Å². The number of rotatable bonds is 2. The molecule has 0 aliphatic carbocycles. The minimum atomic E-state index is 0.435. The monoisotopic (exact) mass is 218 g/mol. The van der Waals surface area contributed by atoms with Gasteiger partial charge in [-0.3, -0.25) is 0 Å². The van der Waals surface area contributed by atoms with E-state index in [1.807, 2.05) is 0 Å². The van der Waals surface area contributed by atoms with Crippen LogP contribution in [0.4, 0.5) is 0 Å². The summed E-state index contributed by atoms with van der Waals surface area (Å²) in [6, 6.07) is 3.26. The van der Waals surface area contributed by atoms with Crippen LogP contribution in [0.5, 0.6) is 5.75 Å². The lowest BCUT2D eigenvalue weighted by Crippen LogP contribution is -1.93. The van der Waals surface area contributed by atoms with Crippen LogP contribution in [0.3, 0.4) is 0 Å². The molecule has 70 valence electrons. The van der Waals surface area contributed by atoms with Gasteiger partial charge >= 0.3 is 0 Å². The molecule has 0 unspecified atom stereocenters. The molecule has 0 fully saturated rings. The normalized spacial score (nSPS) is 10.7. The van der Waals surface area contributed by atoms with Gasteiger partial charge in [0.05, 0.1) is 18.3 Å². The summed E-state index contributed by atoms with van der Waals surface area (Å²) >= 11 is 11.6. The molecule has 0 aliphatic rings. The molecule has 0 aromatic heterocycles. The van der Waals surface area contributed by atoms with Crippen LogP contribution in [0.1, 0.15) is 5.56 Å². The molecule has 0 bridgehead atoms. The summed E-state index contributed by atoms with van der Waals surface area (Å²) in [4.78, 5) is 0. The SMILES string of the molecule is COc1c(Cl)cc(Cl)cc1C=NN. The van der Waals surface area contributed by atoms with Crippen LogP contribution in [0, 0.1) is 0 Å². The molecule has 1 aromatic rings. The van der Waals surface area contributed by atoms with E-state index in [-0.39, 0.29) is 0 Å². The smallest absolute Gasteiger partial charge is 0.146 e. The van der Waals surface area contributed by atoms with Crippen molar-refractivity contribution < 1.29 is 4.74 Å². The Labute approximate surface area is 86.1 Å². The third-order valence-corrected chi connectivity index (χ3v) is 1.95. The fourth-order valence-electron chi connectivity index (χ4n) is 0.972. The molecule has 5 heteroatoms. The summed E-state index contributed by atoms with van der Waals surface area (Å²) in [6.45, 7) is 0. The zero-order valence-electron chi connectivity index (χ0n) is 6.92. The Bertz CT molecular complexity index is 339. The zero-order valence-corrected chi connectivity index (χ0v) is 8.43. The van der Waals surface area contributed by atoms with Gasteiger partial charge in [-0.25, -0.2) is 0 Å². The van der Waals surface area contributed by atoms with Crippen molar-refractivity contribution in [3.63, 3.8) is 0 Å². The van der Waals surface area contributed by atoms with Crippen LogP contribution >= 0.6 is 23.2 Å². The van der Waals surface area contributed by atoms with Gasteiger partial charge in [0.15, 0.2) is 0 Å². The Balaban J connectivity index is 3.29. The van der Waals surface area contributed by atoms with Crippen molar-refractivity contribution >= 4 is 29.4 Å². The van der Waals surface area contributed by atoms with Crippen molar-refractivity contribution in [2.75, 3.05) is 7.11 Å². The van der Waals surface area contributed by atoms with Gasteiger partial charge < -0.3 is 10.6 Å². The summed E-state index contributed by atoms with van der Waals surface area (Å²) in [5.74, 6) is 5.53. The molecular formula is C8H8Cl2N2O. The first kappa shape index (κ1) is 10.2. The van der Waals surface area contributed by atoms with Crippen LogP contribution in [-0.4, -0.2) is 13.3 Å². The number of benzene rings is 1. The first-order valence-electron chi connectivity index (χ1n) is 3.45. The van der Waals surface area contributed by atoms with E-state index in [0.29, 0.717) is 21.4 Å². The lowest BCUT2D eigenvalue weighted by Gasteiger charge is -2.06. The molecule has 0 heterocycles. The number of hydrazone groups is 1. The topological polar surface area (TPSA) is 47.6 Å². The van der Waals surface area contributed by atoms with E-state index in [4.69, 9.17) is 33.8 Å². The number of ether oxygens (including phenoxy) is 1. The Kier molecular flexibility index (Phi) is 3.39. The quantitative estimate of drug-likeness (QED) is 0.471. The molecule has 0 atom stereocenters. The molecule has 0 saturated heterocycles. The van der Waals surface area contributed by atoms with Gasteiger partial charge in [-0.2, -0.15) is 5.10 Å². The number of hydrogen-bond acceptors (Lipinski definition) is 3. The first-order chi connectivity index (χ1) is 6.19. The van der Waals surface area contributed by atoms with Crippen LogP contribution in [0.15, 0.2) is 17.2 Å². The largest absolute Gasteiger partial charge is 0.495 e. The number of methoxy groups -OCH3 is 1. The van der Waals surface area contributed by atoms with Crippen molar-refractivity contribution in [3.05, 3.63) is 27.7 Å². The molecular weight excluding hydrogens is 211 g/mol. The third kappa shape index (κ3) is 2.26. The molecule has 0 saturated carbocycles. The van der Waals surface area contributed by atoms with Gasteiger partial charge in [0.25, 0.3) is 0 Å². The predicted molar refractivity (Wildman–Crippen MR) is 54.8 cm³/mol. The Morgan fingerprint density at radius 2 is 2.15 bits per heavy atom. The summed E-state index contributed by atoms with van der Waals surface area (Å²) in [7, 11) is 1.52. The summed E-state index contributed by atoms with van der Waals surface area (Å²) in [5, 5.41) is 4.32. The average molecular weight is 219 g/mol. The second-order valence-corrected chi connectivity index (χ2v) is 3.13. The van der Waals surface area contributed by atoms with E-state index in [9.17, 15) is 0 Å². The molecule has 0 amide bonds. The predicted octanol–water partition coefficient (Wildman–Crippen LogP) is 2.29. The Hall–Kier alpha value is -0.930. The maximum absolute atomic E-state index is 5.86. The number of nitrogens with two attached hydrogens (primary N) is 1. The lowest BCUT2D eigenvalue weighted by atomic mass is 10.2. The third-order valence-electron chi connectivity index (χ3n) is 1.45. The molecule has 13 heavy (non-hydrogen) atoms. The summed E-state index contributed by atoms with van der Waals surface area (Å²) < 4.78 is 5.05. The Morgan fingerprint density at radius 3 is 2.69 bits per heavy atom. The van der Waals surface area contributed by atoms with Crippen molar-refractivity contribution in [3.8, 4) is 5.75 Å². The Morgan fingerprint density at radius 1 is 1.46 bits per heavy atom. The van der Waals surface area contributed by atoms with E-state index in [1.54, 1.807) is 12.1 Å². The maximum atomic E-state index is 5.86. The lowest BCUT2D eigenvalue weighted by molar-refractivity contribution is 0.414. The minimum absolute atomic E-state index is 0.435. The molecule has 3 nitrogen and oxygen atoms in total. The van der Waals surface area contributed by atoms with E-state index in [0.717, 1.165) is 0 Å².